The molecule has 1 aliphatic rings. The Bertz CT molecular complexity index is 886. The molecule has 24 heavy (non-hydrogen) atoms. The van der Waals surface area contributed by atoms with Gasteiger partial charge in [-0.25, -0.2) is 0 Å². The fourth-order valence-corrected chi connectivity index (χ4v) is 3.90. The third-order valence-electron chi connectivity index (χ3n) is 4.33. The maximum absolute atomic E-state index is 12.8. The molecule has 1 unspecified atom stereocenters. The van der Waals surface area contributed by atoms with E-state index in [2.05, 4.69) is 5.10 Å². The van der Waals surface area contributed by atoms with E-state index in [-0.39, 0.29) is 5.91 Å². The number of carbonyl (C=O) groups excluding carboxylic acids is 1. The fraction of sp³-hybridized carbons (Fsp3) is 0.222. The molecule has 0 fully saturated rings. The Morgan fingerprint density at radius 3 is 2.92 bits per heavy atom. The van der Waals surface area contributed by atoms with E-state index in [0.29, 0.717) is 18.8 Å². The summed E-state index contributed by atoms with van der Waals surface area (Å²) in [6.07, 6.45) is -0.653. The van der Waals surface area contributed by atoms with Gasteiger partial charge in [0.1, 0.15) is 0 Å². The van der Waals surface area contributed by atoms with Crippen LogP contribution in [0.4, 0.5) is 0 Å². The second-order valence-corrected chi connectivity index (χ2v) is 6.86. The fourth-order valence-electron chi connectivity index (χ4n) is 3.12. The van der Waals surface area contributed by atoms with Crippen molar-refractivity contribution in [2.24, 2.45) is 7.05 Å². The van der Waals surface area contributed by atoms with Crippen molar-refractivity contribution >= 4 is 17.2 Å². The summed E-state index contributed by atoms with van der Waals surface area (Å²) in [6, 6.07) is 13.5. The van der Waals surface area contributed by atoms with Gasteiger partial charge in [0.05, 0.1) is 23.2 Å². The van der Waals surface area contributed by atoms with Crippen LogP contribution in [0.1, 0.15) is 27.7 Å². The lowest BCUT2D eigenvalue weighted by Gasteiger charge is -2.31. The summed E-state index contributed by atoms with van der Waals surface area (Å²) in [5, 5.41) is 16.7. The second kappa shape index (κ2) is 5.89. The molecular formula is C18H17N3O2S. The molecule has 0 saturated carbocycles. The van der Waals surface area contributed by atoms with Gasteiger partial charge in [-0.3, -0.25) is 9.48 Å². The molecular weight excluding hydrogens is 322 g/mol. The number of fused-ring (bicyclic) bond motifs is 1. The van der Waals surface area contributed by atoms with Crippen molar-refractivity contribution in [2.45, 2.75) is 12.6 Å². The number of aliphatic hydroxyl groups is 1. The van der Waals surface area contributed by atoms with Crippen molar-refractivity contribution < 1.29 is 9.90 Å². The highest BCUT2D eigenvalue weighted by molar-refractivity contribution is 7.13. The van der Waals surface area contributed by atoms with E-state index in [9.17, 15) is 9.90 Å². The lowest BCUT2D eigenvalue weighted by atomic mass is 9.97. The zero-order chi connectivity index (χ0) is 16.7. The normalized spacial score (nSPS) is 16.9. The number of thiophene rings is 1. The number of aliphatic hydroxyl groups excluding tert-OH is 1. The van der Waals surface area contributed by atoms with Crippen molar-refractivity contribution in [3.8, 4) is 10.6 Å². The zero-order valence-corrected chi connectivity index (χ0v) is 14.0. The van der Waals surface area contributed by atoms with Crippen molar-refractivity contribution in [1.82, 2.24) is 14.7 Å². The number of hydrogen-bond donors (Lipinski definition) is 1. The predicted octanol–water partition coefficient (Wildman–Crippen LogP) is 2.84. The van der Waals surface area contributed by atoms with Gasteiger partial charge in [0.25, 0.3) is 5.91 Å². The highest BCUT2D eigenvalue weighted by Crippen LogP contribution is 2.29. The van der Waals surface area contributed by atoms with Gasteiger partial charge in [-0.2, -0.15) is 5.10 Å². The molecule has 0 saturated heterocycles. The largest absolute Gasteiger partial charge is 0.387 e. The zero-order valence-electron chi connectivity index (χ0n) is 13.2. The van der Waals surface area contributed by atoms with E-state index in [1.165, 1.54) is 0 Å². The molecule has 2 aromatic heterocycles. The average molecular weight is 339 g/mol. The molecule has 0 bridgehead atoms. The Labute approximate surface area is 143 Å². The van der Waals surface area contributed by atoms with Gasteiger partial charge >= 0.3 is 0 Å². The van der Waals surface area contributed by atoms with Gasteiger partial charge in [-0.05, 0) is 28.6 Å². The monoisotopic (exact) mass is 339 g/mol. The number of amides is 1. The van der Waals surface area contributed by atoms with Gasteiger partial charge in [0, 0.05) is 13.6 Å². The van der Waals surface area contributed by atoms with Gasteiger partial charge in [-0.15, -0.1) is 11.3 Å². The number of aromatic nitrogens is 2. The van der Waals surface area contributed by atoms with E-state index in [1.54, 1.807) is 20.9 Å². The summed E-state index contributed by atoms with van der Waals surface area (Å²) in [5.74, 6) is -0.151. The summed E-state index contributed by atoms with van der Waals surface area (Å²) in [5.41, 5.74) is 3.22. The Balaban J connectivity index is 1.62. The third-order valence-corrected chi connectivity index (χ3v) is 5.22. The first kappa shape index (κ1) is 15.1. The highest BCUT2D eigenvalue weighted by atomic mass is 32.1. The maximum atomic E-state index is 12.8. The number of β-amino-alcohol motifs (C(OH)–C–C–N with tert-alkyl or cyclic N) is 1. The predicted molar refractivity (Wildman–Crippen MR) is 92.7 cm³/mol. The molecule has 3 aromatic rings. The van der Waals surface area contributed by atoms with Gasteiger partial charge in [0.15, 0.2) is 5.69 Å². The molecule has 3 heterocycles. The van der Waals surface area contributed by atoms with Crippen molar-refractivity contribution in [2.75, 3.05) is 6.54 Å². The standard InChI is InChI=1S/C18H17N3O2S/c1-20-15(17-7-4-8-24-17)9-14(19-20)18(23)21-10-12-5-2-3-6-13(12)16(22)11-21/h2-9,16,22H,10-11H2,1H3. The number of carbonyl (C=O) groups is 1. The van der Waals surface area contributed by atoms with Crippen LogP contribution < -0.4 is 0 Å². The lowest BCUT2D eigenvalue weighted by Crippen LogP contribution is -2.38. The van der Waals surface area contributed by atoms with Crippen molar-refractivity contribution in [3.63, 3.8) is 0 Å². The topological polar surface area (TPSA) is 58.4 Å². The molecule has 0 radical (unpaired) electrons. The van der Waals surface area contributed by atoms with E-state index in [0.717, 1.165) is 21.7 Å². The maximum Gasteiger partial charge on any atom is 0.274 e. The van der Waals surface area contributed by atoms with Crippen LogP contribution in [0.25, 0.3) is 10.6 Å². The number of nitrogens with zero attached hydrogens (tertiary/aromatic N) is 3. The molecule has 122 valence electrons. The molecule has 4 rings (SSSR count). The summed E-state index contributed by atoms with van der Waals surface area (Å²) in [7, 11) is 1.84. The average Bonchev–Trinajstić information content (AvgIpc) is 3.23. The van der Waals surface area contributed by atoms with Crippen molar-refractivity contribution in [1.29, 1.82) is 0 Å². The van der Waals surface area contributed by atoms with Crippen LogP contribution in [0.3, 0.4) is 0 Å². The molecule has 1 atom stereocenters. The number of hydrogen-bond acceptors (Lipinski definition) is 4. The SMILES string of the molecule is Cn1nc(C(=O)N2Cc3ccccc3C(O)C2)cc1-c1cccs1. The highest BCUT2D eigenvalue weighted by Gasteiger charge is 2.28. The minimum absolute atomic E-state index is 0.151. The van der Waals surface area contributed by atoms with E-state index in [4.69, 9.17) is 0 Å². The smallest absolute Gasteiger partial charge is 0.274 e. The van der Waals surface area contributed by atoms with Gasteiger partial charge in [-0.1, -0.05) is 30.3 Å². The number of aryl methyl sites for hydroxylation is 1. The molecule has 1 aromatic carbocycles. The summed E-state index contributed by atoms with van der Waals surface area (Å²) >= 11 is 1.62. The van der Waals surface area contributed by atoms with Crippen LogP contribution in [-0.2, 0) is 13.6 Å². The Hall–Kier alpha value is -2.44. The van der Waals surface area contributed by atoms with Crippen LogP contribution in [0, 0.1) is 0 Å². The lowest BCUT2D eigenvalue weighted by molar-refractivity contribution is 0.0544. The van der Waals surface area contributed by atoms with Crippen LogP contribution in [0.2, 0.25) is 0 Å². The van der Waals surface area contributed by atoms with Crippen LogP contribution in [0.15, 0.2) is 47.8 Å². The molecule has 6 heteroatoms. The first-order valence-corrected chi connectivity index (χ1v) is 8.64. The molecule has 1 amide bonds. The van der Waals surface area contributed by atoms with Crippen LogP contribution in [0.5, 0.6) is 0 Å². The summed E-state index contributed by atoms with van der Waals surface area (Å²) < 4.78 is 1.73. The molecule has 5 nitrogen and oxygen atoms in total. The van der Waals surface area contributed by atoms with Crippen molar-refractivity contribution in [3.05, 3.63) is 64.7 Å². The van der Waals surface area contributed by atoms with E-state index in [1.807, 2.05) is 54.9 Å². The Morgan fingerprint density at radius 2 is 2.12 bits per heavy atom. The van der Waals surface area contributed by atoms with Gasteiger partial charge < -0.3 is 10.0 Å². The Kier molecular flexibility index (Phi) is 3.70. The molecule has 0 spiro atoms. The first-order valence-electron chi connectivity index (χ1n) is 7.76. The quantitative estimate of drug-likeness (QED) is 0.781. The minimum atomic E-state index is -0.653. The third kappa shape index (κ3) is 2.53. The Morgan fingerprint density at radius 1 is 1.29 bits per heavy atom. The van der Waals surface area contributed by atoms with Gasteiger partial charge in [0.2, 0.25) is 0 Å². The number of rotatable bonds is 2. The first-order chi connectivity index (χ1) is 11.6. The van der Waals surface area contributed by atoms with Crippen LogP contribution in [-0.4, -0.2) is 32.2 Å². The van der Waals surface area contributed by atoms with Crippen LogP contribution >= 0.6 is 11.3 Å². The molecule has 0 aliphatic carbocycles. The van der Waals surface area contributed by atoms with E-state index >= 15 is 0 Å². The molecule has 1 N–H and O–H groups in total. The number of benzene rings is 1. The molecule has 1 aliphatic heterocycles. The summed E-state index contributed by atoms with van der Waals surface area (Å²) in [6.45, 7) is 0.789. The minimum Gasteiger partial charge on any atom is -0.387 e. The second-order valence-electron chi connectivity index (χ2n) is 5.92. The summed E-state index contributed by atoms with van der Waals surface area (Å²) in [4.78, 5) is 15.6. The van der Waals surface area contributed by atoms with E-state index < -0.39 is 6.10 Å².